The van der Waals surface area contributed by atoms with Crippen LogP contribution in [-0.2, 0) is 15.1 Å². The fraction of sp³-hybridized carbons (Fsp3) is 0.385. The molecule has 0 aromatic carbocycles. The summed E-state index contributed by atoms with van der Waals surface area (Å²) >= 11 is 0. The summed E-state index contributed by atoms with van der Waals surface area (Å²) in [5, 5.41) is 14.3. The Morgan fingerprint density at radius 2 is 2.39 bits per heavy atom. The van der Waals surface area contributed by atoms with Gasteiger partial charge in [-0.15, -0.1) is 0 Å². The highest BCUT2D eigenvalue weighted by atomic mass is 16.5. The van der Waals surface area contributed by atoms with Crippen LogP contribution < -0.4 is 0 Å². The van der Waals surface area contributed by atoms with E-state index >= 15 is 0 Å². The molecule has 1 atom stereocenters. The van der Waals surface area contributed by atoms with E-state index < -0.39 is 11.6 Å². The quantitative estimate of drug-likeness (QED) is 0.638. The number of aromatic nitrogens is 1. The molecule has 1 aromatic rings. The number of hydrogen-bond acceptors (Lipinski definition) is 5. The molecule has 0 amide bonds. The Hall–Kier alpha value is -1.88. The van der Waals surface area contributed by atoms with Gasteiger partial charge in [0.15, 0.2) is 0 Å². The van der Waals surface area contributed by atoms with Crippen LogP contribution in [-0.4, -0.2) is 22.8 Å². The van der Waals surface area contributed by atoms with Crippen LogP contribution in [0.1, 0.15) is 25.3 Å². The first-order valence-electron chi connectivity index (χ1n) is 5.49. The molecule has 0 bridgehead atoms. The van der Waals surface area contributed by atoms with Gasteiger partial charge in [0.05, 0.1) is 0 Å². The Kier molecular flexibility index (Phi) is 4.44. The number of rotatable bonds is 5. The van der Waals surface area contributed by atoms with Crippen molar-refractivity contribution in [2.24, 2.45) is 0 Å². The first-order chi connectivity index (χ1) is 8.37. The van der Waals surface area contributed by atoms with Crippen LogP contribution in [0, 0.1) is 6.92 Å². The lowest BCUT2D eigenvalue weighted by molar-refractivity contribution is -0.140. The number of nitrogens with zero attached hydrogens (tertiary/aromatic N) is 1. The fourth-order valence-electron chi connectivity index (χ4n) is 1.43. The molecule has 0 spiro atoms. The summed E-state index contributed by atoms with van der Waals surface area (Å²) in [7, 11) is 0. The molecule has 0 saturated heterocycles. The molecule has 1 rings (SSSR count). The standard InChI is InChI=1S/C13H17NO4/c1-5-6-11(8-17-10(3)15)13(4,16)12-7-9(2)18-14-12/h5-7,16H,1,8H2,2-4H3/b11-6-/t13-/m0/s1. The number of allylic oxidation sites excluding steroid dienone is 2. The zero-order valence-electron chi connectivity index (χ0n) is 10.8. The van der Waals surface area contributed by atoms with Crippen LogP contribution in [0.4, 0.5) is 0 Å². The van der Waals surface area contributed by atoms with Crippen molar-refractivity contribution in [3.8, 4) is 0 Å². The van der Waals surface area contributed by atoms with Gasteiger partial charge in [-0.25, -0.2) is 0 Å². The van der Waals surface area contributed by atoms with Gasteiger partial charge >= 0.3 is 5.97 Å². The van der Waals surface area contributed by atoms with Crippen molar-refractivity contribution in [3.05, 3.63) is 41.8 Å². The topological polar surface area (TPSA) is 72.6 Å². The highest BCUT2D eigenvalue weighted by Gasteiger charge is 2.31. The average Bonchev–Trinajstić information content (AvgIpc) is 2.71. The molecule has 0 aliphatic carbocycles. The number of ether oxygens (including phenoxy) is 1. The summed E-state index contributed by atoms with van der Waals surface area (Å²) < 4.78 is 9.83. The minimum Gasteiger partial charge on any atom is -0.461 e. The molecular weight excluding hydrogens is 234 g/mol. The van der Waals surface area contributed by atoms with Crippen LogP contribution in [0.25, 0.3) is 0 Å². The van der Waals surface area contributed by atoms with Gasteiger partial charge in [-0.3, -0.25) is 4.79 Å². The number of aryl methyl sites for hydroxylation is 1. The molecule has 0 radical (unpaired) electrons. The van der Waals surface area contributed by atoms with E-state index in [2.05, 4.69) is 11.7 Å². The van der Waals surface area contributed by atoms with Gasteiger partial charge in [-0.1, -0.05) is 23.9 Å². The van der Waals surface area contributed by atoms with Crippen molar-refractivity contribution in [2.45, 2.75) is 26.4 Å². The van der Waals surface area contributed by atoms with Crippen molar-refractivity contribution in [3.63, 3.8) is 0 Å². The third-order valence-electron chi connectivity index (χ3n) is 2.50. The molecule has 1 heterocycles. The zero-order valence-corrected chi connectivity index (χ0v) is 10.8. The largest absolute Gasteiger partial charge is 0.461 e. The number of carbonyl (C=O) groups is 1. The lowest BCUT2D eigenvalue weighted by Crippen LogP contribution is -2.28. The Bertz CT molecular complexity index is 471. The number of hydrogen-bond donors (Lipinski definition) is 1. The molecule has 0 fully saturated rings. The normalized spacial score (nSPS) is 15.0. The molecule has 0 aliphatic rings. The fourth-order valence-corrected chi connectivity index (χ4v) is 1.43. The second kappa shape index (κ2) is 5.64. The van der Waals surface area contributed by atoms with Gasteiger partial charge < -0.3 is 14.4 Å². The summed E-state index contributed by atoms with van der Waals surface area (Å²) in [6.07, 6.45) is 3.10. The molecule has 0 saturated carbocycles. The Labute approximate surface area is 106 Å². The summed E-state index contributed by atoms with van der Waals surface area (Å²) in [6, 6.07) is 1.63. The molecule has 5 nitrogen and oxygen atoms in total. The van der Waals surface area contributed by atoms with Gasteiger partial charge in [-0.05, 0) is 13.8 Å². The van der Waals surface area contributed by atoms with Crippen molar-refractivity contribution < 1.29 is 19.2 Å². The predicted octanol–water partition coefficient (Wildman–Crippen LogP) is 1.87. The van der Waals surface area contributed by atoms with E-state index in [1.165, 1.54) is 13.0 Å². The molecule has 98 valence electrons. The number of aliphatic hydroxyl groups is 1. The highest BCUT2D eigenvalue weighted by Crippen LogP contribution is 2.28. The van der Waals surface area contributed by atoms with Crippen LogP contribution in [0.3, 0.4) is 0 Å². The molecule has 1 aromatic heterocycles. The minimum absolute atomic E-state index is 0.0275. The van der Waals surface area contributed by atoms with Crippen LogP contribution >= 0.6 is 0 Å². The maximum Gasteiger partial charge on any atom is 0.302 e. The third-order valence-corrected chi connectivity index (χ3v) is 2.50. The van der Waals surface area contributed by atoms with Crippen molar-refractivity contribution >= 4 is 5.97 Å². The van der Waals surface area contributed by atoms with E-state index in [9.17, 15) is 9.90 Å². The summed E-state index contributed by atoms with van der Waals surface area (Å²) in [5.41, 5.74) is -0.539. The summed E-state index contributed by atoms with van der Waals surface area (Å²) in [4.78, 5) is 10.8. The molecule has 1 N–H and O–H groups in total. The lowest BCUT2D eigenvalue weighted by Gasteiger charge is -2.23. The summed E-state index contributed by atoms with van der Waals surface area (Å²) in [5.74, 6) is 0.174. The van der Waals surface area contributed by atoms with E-state index in [0.29, 0.717) is 17.0 Å². The van der Waals surface area contributed by atoms with Gasteiger partial charge in [0.25, 0.3) is 0 Å². The Morgan fingerprint density at radius 1 is 1.72 bits per heavy atom. The molecular formula is C13H17NO4. The molecule has 18 heavy (non-hydrogen) atoms. The average molecular weight is 251 g/mol. The summed E-state index contributed by atoms with van der Waals surface area (Å²) in [6.45, 7) is 8.14. The predicted molar refractivity (Wildman–Crippen MR) is 65.7 cm³/mol. The first kappa shape index (κ1) is 14.2. The van der Waals surface area contributed by atoms with Crippen molar-refractivity contribution in [2.75, 3.05) is 6.61 Å². The zero-order chi connectivity index (χ0) is 13.8. The first-order valence-corrected chi connectivity index (χ1v) is 5.49. The SMILES string of the molecule is C=C/C=C(/COC(C)=O)[C@](C)(O)c1cc(C)on1. The smallest absolute Gasteiger partial charge is 0.302 e. The van der Waals surface area contributed by atoms with E-state index in [0.717, 1.165) is 0 Å². The maximum absolute atomic E-state index is 10.8. The van der Waals surface area contributed by atoms with Crippen molar-refractivity contribution in [1.29, 1.82) is 0 Å². The Balaban J connectivity index is 3.00. The second-order valence-electron chi connectivity index (χ2n) is 4.10. The molecule has 0 unspecified atom stereocenters. The van der Waals surface area contributed by atoms with Crippen molar-refractivity contribution in [1.82, 2.24) is 5.16 Å². The number of carbonyl (C=O) groups excluding carboxylic acids is 1. The van der Waals surface area contributed by atoms with Crippen LogP contribution in [0.5, 0.6) is 0 Å². The monoisotopic (exact) mass is 251 g/mol. The van der Waals surface area contributed by atoms with Gasteiger partial charge in [0.1, 0.15) is 23.7 Å². The van der Waals surface area contributed by atoms with Crippen LogP contribution in [0.15, 0.2) is 34.9 Å². The van der Waals surface area contributed by atoms with E-state index in [4.69, 9.17) is 9.26 Å². The third kappa shape index (κ3) is 3.30. The highest BCUT2D eigenvalue weighted by molar-refractivity contribution is 5.66. The maximum atomic E-state index is 10.8. The molecule has 5 heteroatoms. The van der Waals surface area contributed by atoms with Gasteiger partial charge in [0.2, 0.25) is 0 Å². The van der Waals surface area contributed by atoms with E-state index in [1.807, 2.05) is 0 Å². The minimum atomic E-state index is -1.37. The van der Waals surface area contributed by atoms with E-state index in [-0.39, 0.29) is 6.61 Å². The lowest BCUT2D eigenvalue weighted by atomic mass is 9.92. The second-order valence-corrected chi connectivity index (χ2v) is 4.10. The Morgan fingerprint density at radius 3 is 2.83 bits per heavy atom. The van der Waals surface area contributed by atoms with Gasteiger partial charge in [0, 0.05) is 18.6 Å². The van der Waals surface area contributed by atoms with Crippen LogP contribution in [0.2, 0.25) is 0 Å². The van der Waals surface area contributed by atoms with Gasteiger partial charge in [-0.2, -0.15) is 0 Å². The molecule has 0 aliphatic heterocycles. The van der Waals surface area contributed by atoms with E-state index in [1.54, 1.807) is 26.0 Å². The number of esters is 1.